The molecule has 3 heterocycles. The van der Waals surface area contributed by atoms with Crippen LogP contribution in [-0.2, 0) is 24.2 Å². The van der Waals surface area contributed by atoms with E-state index in [4.69, 9.17) is 16.4 Å². The average Bonchev–Trinajstić information content (AvgIpc) is 2.60. The molecule has 0 saturated carbocycles. The number of pyridine rings is 2. The van der Waals surface area contributed by atoms with Crippen LogP contribution in [0.4, 0.5) is 0 Å². The monoisotopic (exact) mass is 357 g/mol. The molecule has 6 heteroatoms. The molecule has 0 atom stereocenters. The first-order valence-corrected chi connectivity index (χ1v) is 8.56. The van der Waals surface area contributed by atoms with Crippen LogP contribution in [0, 0.1) is 6.92 Å². The van der Waals surface area contributed by atoms with Crippen LogP contribution in [0.2, 0.25) is 5.15 Å². The molecule has 2 aromatic rings. The number of nitrogens with zero attached hydrogens (tertiary/aromatic N) is 3. The fourth-order valence-electron chi connectivity index (χ4n) is 2.95. The minimum absolute atomic E-state index is 0.234. The van der Waals surface area contributed by atoms with Crippen LogP contribution in [0.25, 0.3) is 0 Å². The summed E-state index contributed by atoms with van der Waals surface area (Å²) in [6, 6.07) is 3.76. The molecule has 5 nitrogen and oxygen atoms in total. The predicted molar refractivity (Wildman–Crippen MR) is 96.3 cm³/mol. The van der Waals surface area contributed by atoms with Crippen molar-refractivity contribution in [1.29, 1.82) is 0 Å². The molecule has 0 fully saturated rings. The van der Waals surface area contributed by atoms with Crippen molar-refractivity contribution in [3.05, 3.63) is 69.8 Å². The van der Waals surface area contributed by atoms with Gasteiger partial charge in [0.05, 0.1) is 13.7 Å². The standard InChI is InChI=1S/C19H20ClN3O2/c1-13-10-14-6-4-3-5-7-16-17(8-9-21-18(16)20)19(24)23(25-2)12-15(14)11-22-13/h3,5,8-11H,4,6-7,12H2,1-2H3/b5-3-. The summed E-state index contributed by atoms with van der Waals surface area (Å²) in [5, 5.41) is 1.69. The van der Waals surface area contributed by atoms with E-state index < -0.39 is 0 Å². The Bertz CT molecular complexity index is 820. The highest BCUT2D eigenvalue weighted by molar-refractivity contribution is 6.30. The topological polar surface area (TPSA) is 55.3 Å². The summed E-state index contributed by atoms with van der Waals surface area (Å²) in [5.74, 6) is -0.234. The molecule has 0 radical (unpaired) electrons. The molecule has 0 unspecified atom stereocenters. The van der Waals surface area contributed by atoms with E-state index in [-0.39, 0.29) is 5.91 Å². The Hall–Kier alpha value is -2.24. The molecule has 0 spiro atoms. The first kappa shape index (κ1) is 17.6. The zero-order valence-corrected chi connectivity index (χ0v) is 15.1. The third-order valence-electron chi connectivity index (χ3n) is 4.28. The molecule has 130 valence electrons. The number of hydrogen-bond donors (Lipinski definition) is 0. The lowest BCUT2D eigenvalue weighted by molar-refractivity contribution is -0.102. The number of rotatable bonds is 1. The summed E-state index contributed by atoms with van der Waals surface area (Å²) < 4.78 is 0. The lowest BCUT2D eigenvalue weighted by atomic mass is 10.0. The van der Waals surface area contributed by atoms with Crippen molar-refractivity contribution in [1.82, 2.24) is 15.0 Å². The Morgan fingerprint density at radius 2 is 2.08 bits per heavy atom. The largest absolute Gasteiger partial charge is 0.278 e. The normalized spacial score (nSPS) is 16.4. The number of fused-ring (bicyclic) bond motifs is 2. The van der Waals surface area contributed by atoms with Crippen LogP contribution in [0.5, 0.6) is 0 Å². The molecule has 2 aromatic heterocycles. The summed E-state index contributed by atoms with van der Waals surface area (Å²) in [5.41, 5.74) is 4.36. The highest BCUT2D eigenvalue weighted by atomic mass is 35.5. The Morgan fingerprint density at radius 3 is 2.88 bits per heavy atom. The van der Waals surface area contributed by atoms with Crippen molar-refractivity contribution in [2.24, 2.45) is 0 Å². The number of hydrogen-bond acceptors (Lipinski definition) is 4. The lowest BCUT2D eigenvalue weighted by Crippen LogP contribution is -2.31. The number of halogens is 1. The molecule has 1 aliphatic rings. The van der Waals surface area contributed by atoms with Gasteiger partial charge in [0.1, 0.15) is 5.15 Å². The number of aromatic nitrogens is 2. The third kappa shape index (κ3) is 3.89. The quantitative estimate of drug-likeness (QED) is 0.577. The van der Waals surface area contributed by atoms with Crippen LogP contribution >= 0.6 is 11.6 Å². The molecular formula is C19H20ClN3O2. The van der Waals surface area contributed by atoms with Crippen molar-refractivity contribution in [3.63, 3.8) is 0 Å². The molecule has 0 aromatic carbocycles. The number of allylic oxidation sites excluding steroid dienone is 2. The van der Waals surface area contributed by atoms with Gasteiger partial charge in [0, 0.05) is 29.2 Å². The van der Waals surface area contributed by atoms with E-state index in [0.29, 0.717) is 23.7 Å². The Balaban J connectivity index is 2.06. The van der Waals surface area contributed by atoms with Gasteiger partial charge in [0.2, 0.25) is 0 Å². The fraction of sp³-hybridized carbons (Fsp3) is 0.316. The highest BCUT2D eigenvalue weighted by Crippen LogP contribution is 2.23. The second-order valence-electron chi connectivity index (χ2n) is 5.96. The van der Waals surface area contributed by atoms with E-state index in [0.717, 1.165) is 29.7 Å². The van der Waals surface area contributed by atoms with Gasteiger partial charge < -0.3 is 0 Å². The van der Waals surface area contributed by atoms with Gasteiger partial charge in [0.15, 0.2) is 0 Å². The Labute approximate surface area is 152 Å². The Morgan fingerprint density at radius 1 is 1.24 bits per heavy atom. The van der Waals surface area contributed by atoms with E-state index in [9.17, 15) is 4.79 Å². The maximum absolute atomic E-state index is 13.0. The van der Waals surface area contributed by atoms with Gasteiger partial charge in [0.25, 0.3) is 5.91 Å². The van der Waals surface area contributed by atoms with Crippen molar-refractivity contribution < 1.29 is 9.63 Å². The number of carbonyl (C=O) groups is 1. The second-order valence-corrected chi connectivity index (χ2v) is 6.32. The van der Waals surface area contributed by atoms with Crippen LogP contribution in [0.1, 0.15) is 39.2 Å². The minimum Gasteiger partial charge on any atom is -0.274 e. The van der Waals surface area contributed by atoms with Gasteiger partial charge in [-0.2, -0.15) is 0 Å². The van der Waals surface area contributed by atoms with Crippen LogP contribution in [0.3, 0.4) is 0 Å². The zero-order valence-electron chi connectivity index (χ0n) is 14.3. The van der Waals surface area contributed by atoms with Crippen molar-refractivity contribution >= 4 is 17.5 Å². The van der Waals surface area contributed by atoms with Gasteiger partial charge in [-0.05, 0) is 49.4 Å². The lowest BCUT2D eigenvalue weighted by Gasteiger charge is -2.23. The first-order valence-electron chi connectivity index (χ1n) is 8.19. The predicted octanol–water partition coefficient (Wildman–Crippen LogP) is 3.69. The van der Waals surface area contributed by atoms with Gasteiger partial charge in [-0.15, -0.1) is 0 Å². The van der Waals surface area contributed by atoms with E-state index >= 15 is 0 Å². The van der Waals surface area contributed by atoms with E-state index in [1.54, 1.807) is 12.3 Å². The van der Waals surface area contributed by atoms with E-state index in [1.807, 2.05) is 19.2 Å². The number of carbonyl (C=O) groups excluding carboxylic acids is 1. The third-order valence-corrected chi connectivity index (χ3v) is 4.61. The van der Waals surface area contributed by atoms with Gasteiger partial charge in [-0.1, -0.05) is 23.8 Å². The molecule has 0 aliphatic carbocycles. The maximum Gasteiger partial charge on any atom is 0.278 e. The van der Waals surface area contributed by atoms with Gasteiger partial charge in [-0.3, -0.25) is 14.6 Å². The molecule has 1 aliphatic heterocycles. The van der Waals surface area contributed by atoms with Crippen molar-refractivity contribution in [3.8, 4) is 0 Å². The molecular weight excluding hydrogens is 338 g/mol. The van der Waals surface area contributed by atoms with E-state index in [2.05, 4.69) is 22.1 Å². The van der Waals surface area contributed by atoms with Crippen LogP contribution in [-0.4, -0.2) is 28.0 Å². The first-order chi connectivity index (χ1) is 12.1. The summed E-state index contributed by atoms with van der Waals surface area (Å²) in [7, 11) is 1.49. The number of amides is 1. The summed E-state index contributed by atoms with van der Waals surface area (Å²) in [4.78, 5) is 26.8. The van der Waals surface area contributed by atoms with Crippen LogP contribution < -0.4 is 0 Å². The molecule has 25 heavy (non-hydrogen) atoms. The van der Waals surface area contributed by atoms with Gasteiger partial charge >= 0.3 is 0 Å². The smallest absolute Gasteiger partial charge is 0.274 e. The number of aryl methyl sites for hydroxylation is 2. The van der Waals surface area contributed by atoms with Crippen molar-refractivity contribution in [2.45, 2.75) is 32.7 Å². The van der Waals surface area contributed by atoms with Crippen molar-refractivity contribution in [2.75, 3.05) is 7.11 Å². The molecule has 3 rings (SSSR count). The molecule has 1 amide bonds. The highest BCUT2D eigenvalue weighted by Gasteiger charge is 2.22. The van der Waals surface area contributed by atoms with E-state index in [1.165, 1.54) is 17.7 Å². The Kier molecular flexibility index (Phi) is 5.46. The summed E-state index contributed by atoms with van der Waals surface area (Å²) >= 11 is 6.22. The molecule has 0 N–H and O–H groups in total. The SMILES string of the molecule is CON1Cc2cnc(C)cc2CC/C=C\Cc2c(ccnc2Cl)C1=O. The number of hydroxylamine groups is 2. The average molecular weight is 358 g/mol. The summed E-state index contributed by atoms with van der Waals surface area (Å²) in [6.45, 7) is 2.30. The van der Waals surface area contributed by atoms with Crippen LogP contribution in [0.15, 0.2) is 36.7 Å². The second kappa shape index (κ2) is 7.76. The molecule has 0 bridgehead atoms. The maximum atomic E-state index is 13.0. The fourth-order valence-corrected chi connectivity index (χ4v) is 3.18. The van der Waals surface area contributed by atoms with Gasteiger partial charge in [-0.25, -0.2) is 10.0 Å². The molecule has 0 saturated heterocycles. The zero-order chi connectivity index (χ0) is 17.8. The summed E-state index contributed by atoms with van der Waals surface area (Å²) in [6.07, 6.45) is 9.87. The minimum atomic E-state index is -0.234.